The molecule has 1 N–H and O–H groups in total. The predicted molar refractivity (Wildman–Crippen MR) is 85.5 cm³/mol. The zero-order valence-corrected chi connectivity index (χ0v) is 14.5. The fraction of sp³-hybridized carbons (Fsp3) is 0.667. The van der Waals surface area contributed by atoms with Gasteiger partial charge in [0.2, 0.25) is 0 Å². The van der Waals surface area contributed by atoms with Crippen LogP contribution in [0.2, 0.25) is 0 Å². The zero-order valence-electron chi connectivity index (χ0n) is 13.6. The number of Topliss-reactive ketones (excluding diaryl/α,β-unsaturated/α-hetero) is 1. The quantitative estimate of drug-likeness (QED) is 0.878. The van der Waals surface area contributed by atoms with Crippen molar-refractivity contribution < 1.29 is 9.59 Å². The number of carbonyl (C=O) groups excluding carboxylic acids is 2. The number of hydrogen-bond donors (Lipinski definition) is 1. The summed E-state index contributed by atoms with van der Waals surface area (Å²) in [6, 6.07) is -0.690. The lowest BCUT2D eigenvalue weighted by Gasteiger charge is -2.23. The van der Waals surface area contributed by atoms with Gasteiger partial charge in [0.25, 0.3) is 0 Å². The van der Waals surface area contributed by atoms with Gasteiger partial charge in [-0.2, -0.15) is 0 Å². The van der Waals surface area contributed by atoms with E-state index in [2.05, 4.69) is 24.1 Å². The summed E-state index contributed by atoms with van der Waals surface area (Å²) in [5.41, 5.74) is 0.880. The molecule has 1 rings (SSSR count). The van der Waals surface area contributed by atoms with Gasteiger partial charge in [-0.3, -0.25) is 4.79 Å². The first-order valence-corrected chi connectivity index (χ1v) is 8.06. The van der Waals surface area contributed by atoms with E-state index in [1.54, 1.807) is 23.3 Å². The Morgan fingerprint density at radius 3 is 2.38 bits per heavy atom. The summed E-state index contributed by atoms with van der Waals surface area (Å²) >= 11 is 1.61. The second kappa shape index (κ2) is 7.54. The van der Waals surface area contributed by atoms with Crippen LogP contribution in [-0.2, 0) is 11.3 Å². The summed E-state index contributed by atoms with van der Waals surface area (Å²) in [6.45, 7) is 9.97. The summed E-state index contributed by atoms with van der Waals surface area (Å²) in [4.78, 5) is 29.7. The van der Waals surface area contributed by atoms with E-state index in [1.165, 1.54) is 6.92 Å². The Hall–Kier alpha value is -1.43. The van der Waals surface area contributed by atoms with E-state index in [4.69, 9.17) is 0 Å². The number of hydrogen-bond acceptors (Lipinski definition) is 4. The van der Waals surface area contributed by atoms with Crippen molar-refractivity contribution in [3.8, 4) is 0 Å². The van der Waals surface area contributed by atoms with Crippen molar-refractivity contribution >= 4 is 23.2 Å². The molecule has 1 unspecified atom stereocenters. The van der Waals surface area contributed by atoms with Gasteiger partial charge in [0.05, 0.1) is 23.3 Å². The van der Waals surface area contributed by atoms with Gasteiger partial charge >= 0.3 is 6.03 Å². The number of urea groups is 1. The Morgan fingerprint density at radius 1 is 1.33 bits per heavy atom. The van der Waals surface area contributed by atoms with E-state index in [-0.39, 0.29) is 17.7 Å². The average Bonchev–Trinajstić information content (AvgIpc) is 2.83. The maximum absolute atomic E-state index is 12.1. The van der Waals surface area contributed by atoms with Crippen molar-refractivity contribution in [3.63, 3.8) is 0 Å². The smallest absolute Gasteiger partial charge is 0.318 e. The van der Waals surface area contributed by atoms with Crippen LogP contribution >= 0.6 is 11.3 Å². The summed E-state index contributed by atoms with van der Waals surface area (Å²) < 4.78 is 0. The Labute approximate surface area is 130 Å². The SMILES string of the molecule is CC(=O)C(NC(=O)N(C)Cc1csc(C(C)C)n1)C(C)C. The number of carbonyl (C=O) groups is 2. The maximum Gasteiger partial charge on any atom is 0.318 e. The van der Waals surface area contributed by atoms with E-state index in [1.807, 2.05) is 19.2 Å². The highest BCUT2D eigenvalue weighted by molar-refractivity contribution is 7.09. The number of nitrogens with zero attached hydrogens (tertiary/aromatic N) is 2. The molecule has 0 aliphatic rings. The van der Waals surface area contributed by atoms with Gasteiger partial charge in [0.1, 0.15) is 0 Å². The van der Waals surface area contributed by atoms with Crippen LogP contribution in [0.25, 0.3) is 0 Å². The molecule has 5 nitrogen and oxygen atoms in total. The van der Waals surface area contributed by atoms with E-state index in [0.717, 1.165) is 10.7 Å². The molecule has 1 aromatic heterocycles. The molecule has 0 saturated carbocycles. The number of amides is 2. The largest absolute Gasteiger partial charge is 0.328 e. The van der Waals surface area contributed by atoms with Gasteiger partial charge < -0.3 is 10.2 Å². The molecular formula is C15H25N3O2S. The summed E-state index contributed by atoms with van der Waals surface area (Å²) in [7, 11) is 1.71. The first kappa shape index (κ1) is 17.6. The second-order valence-electron chi connectivity index (χ2n) is 5.97. The highest BCUT2D eigenvalue weighted by Crippen LogP contribution is 2.19. The number of aromatic nitrogens is 1. The van der Waals surface area contributed by atoms with Gasteiger partial charge in [0, 0.05) is 18.3 Å². The molecule has 21 heavy (non-hydrogen) atoms. The van der Waals surface area contributed by atoms with E-state index in [0.29, 0.717) is 12.5 Å². The number of thiazole rings is 1. The molecule has 0 fully saturated rings. The van der Waals surface area contributed by atoms with Gasteiger partial charge in [-0.1, -0.05) is 27.7 Å². The van der Waals surface area contributed by atoms with Crippen LogP contribution < -0.4 is 5.32 Å². The molecule has 1 aromatic rings. The molecule has 0 aromatic carbocycles. The van der Waals surface area contributed by atoms with Gasteiger partial charge in [-0.05, 0) is 12.8 Å². The van der Waals surface area contributed by atoms with Crippen LogP contribution in [0, 0.1) is 5.92 Å². The molecule has 0 aliphatic heterocycles. The Bertz CT molecular complexity index is 497. The molecule has 118 valence electrons. The first-order valence-electron chi connectivity index (χ1n) is 7.18. The molecule has 0 aliphatic carbocycles. The molecule has 1 heterocycles. The lowest BCUT2D eigenvalue weighted by molar-refractivity contribution is -0.119. The topological polar surface area (TPSA) is 62.3 Å². The predicted octanol–water partition coefficient (Wildman–Crippen LogP) is 3.02. The molecule has 0 spiro atoms. The third kappa shape index (κ3) is 5.12. The third-order valence-electron chi connectivity index (χ3n) is 3.19. The standard InChI is InChI=1S/C15H25N3O2S/c1-9(2)13(11(5)19)17-15(20)18(6)7-12-8-21-14(16-12)10(3)4/h8-10,13H,7H2,1-6H3,(H,17,20). The van der Waals surface area contributed by atoms with E-state index < -0.39 is 6.04 Å². The molecule has 0 bridgehead atoms. The van der Waals surface area contributed by atoms with Crippen molar-refractivity contribution in [3.05, 3.63) is 16.1 Å². The Balaban J connectivity index is 2.63. The van der Waals surface area contributed by atoms with Crippen molar-refractivity contribution in [1.82, 2.24) is 15.2 Å². The first-order chi connectivity index (χ1) is 9.72. The lowest BCUT2D eigenvalue weighted by atomic mass is 10.0. The zero-order chi connectivity index (χ0) is 16.2. The van der Waals surface area contributed by atoms with Gasteiger partial charge in [0.15, 0.2) is 5.78 Å². The lowest BCUT2D eigenvalue weighted by Crippen LogP contribution is -2.48. The average molecular weight is 311 g/mol. The maximum atomic E-state index is 12.1. The minimum atomic E-state index is -0.443. The van der Waals surface area contributed by atoms with Crippen molar-refractivity contribution in [2.24, 2.45) is 5.92 Å². The normalized spacial score (nSPS) is 12.6. The van der Waals surface area contributed by atoms with Crippen LogP contribution in [0.3, 0.4) is 0 Å². The van der Waals surface area contributed by atoms with Crippen molar-refractivity contribution in [2.45, 2.75) is 53.1 Å². The Morgan fingerprint density at radius 2 is 1.95 bits per heavy atom. The van der Waals surface area contributed by atoms with Gasteiger partial charge in [-0.25, -0.2) is 9.78 Å². The molecule has 1 atom stereocenters. The van der Waals surface area contributed by atoms with Crippen LogP contribution in [0.15, 0.2) is 5.38 Å². The number of nitrogens with one attached hydrogen (secondary N) is 1. The summed E-state index contributed by atoms with van der Waals surface area (Å²) in [5.74, 6) is 0.445. The highest BCUT2D eigenvalue weighted by Gasteiger charge is 2.22. The van der Waals surface area contributed by atoms with Crippen LogP contribution in [0.1, 0.15) is 51.2 Å². The van der Waals surface area contributed by atoms with E-state index in [9.17, 15) is 9.59 Å². The summed E-state index contributed by atoms with van der Waals surface area (Å²) in [5, 5.41) is 5.83. The van der Waals surface area contributed by atoms with Crippen molar-refractivity contribution in [2.75, 3.05) is 7.05 Å². The number of rotatable bonds is 6. The fourth-order valence-electron chi connectivity index (χ4n) is 1.96. The second-order valence-corrected chi connectivity index (χ2v) is 6.86. The summed E-state index contributed by atoms with van der Waals surface area (Å²) in [6.07, 6.45) is 0. The highest BCUT2D eigenvalue weighted by atomic mass is 32.1. The Kier molecular flexibility index (Phi) is 6.33. The van der Waals surface area contributed by atoms with Gasteiger partial charge in [-0.15, -0.1) is 11.3 Å². The molecule has 0 saturated heterocycles. The molecular weight excluding hydrogens is 286 g/mol. The van der Waals surface area contributed by atoms with Crippen molar-refractivity contribution in [1.29, 1.82) is 0 Å². The van der Waals surface area contributed by atoms with Crippen LogP contribution in [-0.4, -0.2) is 34.8 Å². The molecule has 0 radical (unpaired) electrons. The van der Waals surface area contributed by atoms with Crippen LogP contribution in [0.4, 0.5) is 4.79 Å². The van der Waals surface area contributed by atoms with E-state index >= 15 is 0 Å². The minimum absolute atomic E-state index is 0.0255. The monoisotopic (exact) mass is 311 g/mol. The minimum Gasteiger partial charge on any atom is -0.328 e. The molecule has 6 heteroatoms. The third-order valence-corrected chi connectivity index (χ3v) is 4.39. The molecule has 2 amide bonds. The fourth-order valence-corrected chi connectivity index (χ4v) is 2.78. The number of ketones is 1. The van der Waals surface area contributed by atoms with Crippen LogP contribution in [0.5, 0.6) is 0 Å².